The highest BCUT2D eigenvalue weighted by molar-refractivity contribution is 5.63. The van der Waals surface area contributed by atoms with Crippen LogP contribution in [0.1, 0.15) is 6.92 Å². The minimum absolute atomic E-state index is 0.121. The number of phenolic OH excluding ortho intramolecular Hbond substituents is 1. The number of benzene rings is 1. The van der Waals surface area contributed by atoms with Crippen molar-refractivity contribution in [2.24, 2.45) is 0 Å². The van der Waals surface area contributed by atoms with Crippen LogP contribution in [-0.2, 0) is 4.74 Å². The van der Waals surface area contributed by atoms with E-state index in [1.54, 1.807) is 6.92 Å². The van der Waals surface area contributed by atoms with Crippen LogP contribution in [0.2, 0.25) is 0 Å². The smallest absolute Gasteiger partial charge is 0.508 e. The monoisotopic (exact) mass is 182 g/mol. The van der Waals surface area contributed by atoms with Crippen molar-refractivity contribution in [3.8, 4) is 11.5 Å². The molecule has 13 heavy (non-hydrogen) atoms. The Morgan fingerprint density at radius 2 is 2.00 bits per heavy atom. The molecule has 4 heteroatoms. The van der Waals surface area contributed by atoms with E-state index in [1.165, 1.54) is 24.3 Å². The summed E-state index contributed by atoms with van der Waals surface area (Å²) < 4.78 is 9.29. The molecule has 0 unspecified atom stereocenters. The van der Waals surface area contributed by atoms with Gasteiger partial charge >= 0.3 is 6.16 Å². The Balaban J connectivity index is 2.54. The number of hydrogen-bond acceptors (Lipinski definition) is 4. The van der Waals surface area contributed by atoms with E-state index >= 15 is 0 Å². The number of carbonyl (C=O) groups excluding carboxylic acids is 1. The molecule has 0 aliphatic rings. The molecular weight excluding hydrogens is 172 g/mol. The fourth-order valence-electron chi connectivity index (χ4n) is 0.758. The standard InChI is InChI=1S/C9H10O4/c1-2-12-9(11)13-8-5-3-7(10)4-6-8/h3-6,10H,2H2,1H3. The zero-order chi connectivity index (χ0) is 9.68. The lowest BCUT2D eigenvalue weighted by atomic mass is 10.3. The van der Waals surface area contributed by atoms with Crippen molar-refractivity contribution >= 4 is 6.16 Å². The molecule has 0 bridgehead atoms. The van der Waals surface area contributed by atoms with Gasteiger partial charge in [0.15, 0.2) is 0 Å². The van der Waals surface area contributed by atoms with E-state index in [1.807, 2.05) is 0 Å². The lowest BCUT2D eigenvalue weighted by Gasteiger charge is -2.02. The van der Waals surface area contributed by atoms with Gasteiger partial charge in [-0.1, -0.05) is 0 Å². The zero-order valence-electron chi connectivity index (χ0n) is 7.19. The van der Waals surface area contributed by atoms with Crippen LogP contribution < -0.4 is 4.74 Å². The molecule has 1 N–H and O–H groups in total. The Morgan fingerprint density at radius 3 is 2.54 bits per heavy atom. The highest BCUT2D eigenvalue weighted by Crippen LogP contribution is 2.16. The summed E-state index contributed by atoms with van der Waals surface area (Å²) in [7, 11) is 0. The third kappa shape index (κ3) is 3.02. The highest BCUT2D eigenvalue weighted by atomic mass is 16.7. The topological polar surface area (TPSA) is 55.8 Å². The van der Waals surface area contributed by atoms with E-state index in [0.29, 0.717) is 5.75 Å². The first-order valence-electron chi connectivity index (χ1n) is 3.86. The average molecular weight is 182 g/mol. The molecule has 1 rings (SSSR count). The molecule has 70 valence electrons. The molecular formula is C9H10O4. The minimum Gasteiger partial charge on any atom is -0.508 e. The molecule has 1 aromatic carbocycles. The number of phenols is 1. The van der Waals surface area contributed by atoms with Gasteiger partial charge in [-0.3, -0.25) is 0 Å². The van der Waals surface area contributed by atoms with Gasteiger partial charge in [0.1, 0.15) is 11.5 Å². The highest BCUT2D eigenvalue weighted by Gasteiger charge is 2.03. The van der Waals surface area contributed by atoms with Crippen molar-refractivity contribution in [1.29, 1.82) is 0 Å². The molecule has 0 aliphatic heterocycles. The van der Waals surface area contributed by atoms with Crippen LogP contribution >= 0.6 is 0 Å². The third-order valence-electron chi connectivity index (χ3n) is 1.30. The first-order valence-corrected chi connectivity index (χ1v) is 3.86. The Bertz CT molecular complexity index is 278. The number of aromatic hydroxyl groups is 1. The number of hydrogen-bond donors (Lipinski definition) is 1. The van der Waals surface area contributed by atoms with Gasteiger partial charge in [-0.15, -0.1) is 0 Å². The van der Waals surface area contributed by atoms with Crippen LogP contribution in [0.3, 0.4) is 0 Å². The van der Waals surface area contributed by atoms with E-state index in [2.05, 4.69) is 4.74 Å². The molecule has 0 fully saturated rings. The lowest BCUT2D eigenvalue weighted by Crippen LogP contribution is -2.09. The Hall–Kier alpha value is -1.71. The normalized spacial score (nSPS) is 9.31. The lowest BCUT2D eigenvalue weighted by molar-refractivity contribution is 0.104. The van der Waals surface area contributed by atoms with E-state index in [-0.39, 0.29) is 12.4 Å². The van der Waals surface area contributed by atoms with Crippen LogP contribution in [0.5, 0.6) is 11.5 Å². The van der Waals surface area contributed by atoms with Crippen molar-refractivity contribution in [2.75, 3.05) is 6.61 Å². The molecule has 0 spiro atoms. The van der Waals surface area contributed by atoms with Gasteiger partial charge in [0.25, 0.3) is 0 Å². The molecule has 0 saturated carbocycles. The maximum Gasteiger partial charge on any atom is 0.513 e. The van der Waals surface area contributed by atoms with E-state index in [0.717, 1.165) is 0 Å². The van der Waals surface area contributed by atoms with Gasteiger partial charge in [-0.05, 0) is 31.2 Å². The predicted molar refractivity (Wildman–Crippen MR) is 45.8 cm³/mol. The van der Waals surface area contributed by atoms with Crippen molar-refractivity contribution in [3.05, 3.63) is 24.3 Å². The van der Waals surface area contributed by atoms with Crippen LogP contribution in [0, 0.1) is 0 Å². The fraction of sp³-hybridized carbons (Fsp3) is 0.222. The van der Waals surface area contributed by atoms with Gasteiger partial charge in [0, 0.05) is 0 Å². The number of ether oxygens (including phenoxy) is 2. The molecule has 4 nitrogen and oxygen atoms in total. The summed E-state index contributed by atoms with van der Waals surface area (Å²) in [6.45, 7) is 1.97. The molecule has 0 amide bonds. The van der Waals surface area contributed by atoms with Gasteiger partial charge in [0.05, 0.1) is 6.61 Å². The number of rotatable bonds is 2. The van der Waals surface area contributed by atoms with Crippen LogP contribution in [0.25, 0.3) is 0 Å². The molecule has 0 aromatic heterocycles. The second-order valence-electron chi connectivity index (χ2n) is 2.28. The SMILES string of the molecule is CCOC(=O)Oc1ccc(O)cc1. The molecule has 0 atom stereocenters. The second kappa shape index (κ2) is 4.35. The number of carbonyl (C=O) groups is 1. The summed E-state index contributed by atoms with van der Waals surface area (Å²) in [6.07, 6.45) is -0.742. The Morgan fingerprint density at radius 1 is 1.38 bits per heavy atom. The van der Waals surface area contributed by atoms with E-state index in [9.17, 15) is 4.79 Å². The summed E-state index contributed by atoms with van der Waals surface area (Å²) in [5, 5.41) is 8.92. The molecule has 0 aliphatic carbocycles. The van der Waals surface area contributed by atoms with Crippen LogP contribution in [0.4, 0.5) is 4.79 Å². The molecule has 1 aromatic rings. The summed E-state index contributed by atoms with van der Waals surface area (Å²) >= 11 is 0. The summed E-state index contributed by atoms with van der Waals surface area (Å²) in [4.78, 5) is 10.8. The maximum atomic E-state index is 10.8. The zero-order valence-corrected chi connectivity index (χ0v) is 7.19. The van der Waals surface area contributed by atoms with Crippen LogP contribution in [0.15, 0.2) is 24.3 Å². The fourth-order valence-corrected chi connectivity index (χ4v) is 0.758. The maximum absolute atomic E-state index is 10.8. The molecule has 0 saturated heterocycles. The van der Waals surface area contributed by atoms with Crippen molar-refractivity contribution < 1.29 is 19.4 Å². The first kappa shape index (κ1) is 9.38. The van der Waals surface area contributed by atoms with Gasteiger partial charge < -0.3 is 14.6 Å². The average Bonchev–Trinajstić information content (AvgIpc) is 2.09. The second-order valence-corrected chi connectivity index (χ2v) is 2.28. The quantitative estimate of drug-likeness (QED) is 0.560. The van der Waals surface area contributed by atoms with E-state index in [4.69, 9.17) is 9.84 Å². The van der Waals surface area contributed by atoms with Crippen molar-refractivity contribution in [2.45, 2.75) is 6.92 Å². The third-order valence-corrected chi connectivity index (χ3v) is 1.30. The summed E-state index contributed by atoms with van der Waals surface area (Å²) in [5.41, 5.74) is 0. The Kier molecular flexibility index (Phi) is 3.14. The molecule has 0 radical (unpaired) electrons. The summed E-state index contributed by atoms with van der Waals surface area (Å²) in [5.74, 6) is 0.465. The predicted octanol–water partition coefficient (Wildman–Crippen LogP) is 1.93. The summed E-state index contributed by atoms with van der Waals surface area (Å²) in [6, 6.07) is 5.81. The van der Waals surface area contributed by atoms with Gasteiger partial charge in [-0.2, -0.15) is 0 Å². The Labute approximate surface area is 75.7 Å². The molecule has 0 heterocycles. The van der Waals surface area contributed by atoms with Crippen LogP contribution in [-0.4, -0.2) is 17.9 Å². The first-order chi connectivity index (χ1) is 6.22. The van der Waals surface area contributed by atoms with Gasteiger partial charge in [-0.25, -0.2) is 4.79 Å². The van der Waals surface area contributed by atoms with E-state index < -0.39 is 6.16 Å². The largest absolute Gasteiger partial charge is 0.513 e. The van der Waals surface area contributed by atoms with Crippen molar-refractivity contribution in [3.63, 3.8) is 0 Å². The minimum atomic E-state index is -0.742. The van der Waals surface area contributed by atoms with Gasteiger partial charge in [0.2, 0.25) is 0 Å². The van der Waals surface area contributed by atoms with Crippen molar-refractivity contribution in [1.82, 2.24) is 0 Å².